The summed E-state index contributed by atoms with van der Waals surface area (Å²) < 4.78 is 0. The molecule has 1 aromatic heterocycles. The number of nitrogens with zero attached hydrogens (tertiary/aromatic N) is 1. The molecule has 2 rings (SSSR count). The molecular weight excluding hydrogens is 411 g/mol. The van der Waals surface area contributed by atoms with E-state index in [0.717, 1.165) is 38.3 Å². The van der Waals surface area contributed by atoms with Gasteiger partial charge in [-0.25, -0.2) is 0 Å². The molecular formula is C15H25IN4OS. The number of carbonyl (C=O) groups is 1. The number of rotatable bonds is 7. The fraction of sp³-hybridized carbons (Fsp3) is 0.600. The Kier molecular flexibility index (Phi) is 8.77. The summed E-state index contributed by atoms with van der Waals surface area (Å²) in [7, 11) is 1.76. The molecule has 0 radical (unpaired) electrons. The van der Waals surface area contributed by atoms with Gasteiger partial charge in [-0.15, -0.1) is 35.3 Å². The maximum atomic E-state index is 11.5. The number of aliphatic imine (C=N–C) groups is 1. The summed E-state index contributed by atoms with van der Waals surface area (Å²) in [5.74, 6) is 0.944. The van der Waals surface area contributed by atoms with Crippen LogP contribution >= 0.6 is 35.3 Å². The largest absolute Gasteiger partial charge is 0.356 e. The fourth-order valence-electron chi connectivity index (χ4n) is 1.95. The van der Waals surface area contributed by atoms with E-state index in [9.17, 15) is 4.79 Å². The van der Waals surface area contributed by atoms with Crippen LogP contribution in [0.4, 0.5) is 0 Å². The molecule has 1 aromatic rings. The standard InChI is InChI=1S/C15H24N4OS.HI/c1-11-5-8-13(21-11)10-18-15(16-2)17-9-3-4-14(20)19-12-6-7-12;/h5,8,12H,3-4,6-7,9-10H2,1-2H3,(H,19,20)(H2,16,17,18);1H. The quantitative estimate of drug-likeness (QED) is 0.266. The lowest BCUT2D eigenvalue weighted by Gasteiger charge is -2.11. The van der Waals surface area contributed by atoms with Crippen molar-refractivity contribution in [1.29, 1.82) is 0 Å². The minimum Gasteiger partial charge on any atom is -0.356 e. The van der Waals surface area contributed by atoms with Crippen LogP contribution in [0.3, 0.4) is 0 Å². The Hall–Kier alpha value is -0.830. The van der Waals surface area contributed by atoms with Gasteiger partial charge in [-0.05, 0) is 38.3 Å². The molecule has 3 N–H and O–H groups in total. The van der Waals surface area contributed by atoms with Gasteiger partial charge in [0.05, 0.1) is 6.54 Å². The molecule has 0 aliphatic heterocycles. The molecule has 1 saturated carbocycles. The first-order chi connectivity index (χ1) is 10.2. The van der Waals surface area contributed by atoms with Gasteiger partial charge in [-0.2, -0.15) is 0 Å². The Morgan fingerprint density at radius 3 is 2.73 bits per heavy atom. The van der Waals surface area contributed by atoms with Gasteiger partial charge in [0.25, 0.3) is 0 Å². The van der Waals surface area contributed by atoms with Gasteiger partial charge in [-0.3, -0.25) is 9.79 Å². The molecule has 1 aliphatic carbocycles. The van der Waals surface area contributed by atoms with Crippen LogP contribution in [0, 0.1) is 6.92 Å². The molecule has 7 heteroatoms. The number of aryl methyl sites for hydroxylation is 1. The van der Waals surface area contributed by atoms with Crippen molar-refractivity contribution in [2.45, 2.75) is 45.2 Å². The zero-order chi connectivity index (χ0) is 15.1. The molecule has 1 amide bonds. The minimum atomic E-state index is 0. The summed E-state index contributed by atoms with van der Waals surface area (Å²) >= 11 is 1.79. The summed E-state index contributed by atoms with van der Waals surface area (Å²) in [5.41, 5.74) is 0. The van der Waals surface area contributed by atoms with Crippen LogP contribution < -0.4 is 16.0 Å². The third kappa shape index (κ3) is 7.44. The maximum Gasteiger partial charge on any atom is 0.220 e. The third-order valence-electron chi connectivity index (χ3n) is 3.27. The molecule has 1 heterocycles. The van der Waals surface area contributed by atoms with Crippen molar-refractivity contribution >= 4 is 47.2 Å². The number of guanidine groups is 1. The Balaban J connectivity index is 0.00000242. The first kappa shape index (κ1) is 19.2. The van der Waals surface area contributed by atoms with Gasteiger partial charge in [-0.1, -0.05) is 0 Å². The van der Waals surface area contributed by atoms with Crippen LogP contribution in [0.5, 0.6) is 0 Å². The number of amides is 1. The highest BCUT2D eigenvalue weighted by molar-refractivity contribution is 14.0. The minimum absolute atomic E-state index is 0. The third-order valence-corrected chi connectivity index (χ3v) is 4.27. The molecule has 1 fully saturated rings. The van der Waals surface area contributed by atoms with Gasteiger partial charge in [0.15, 0.2) is 5.96 Å². The molecule has 0 atom stereocenters. The highest BCUT2D eigenvalue weighted by Gasteiger charge is 2.22. The van der Waals surface area contributed by atoms with E-state index in [0.29, 0.717) is 12.5 Å². The van der Waals surface area contributed by atoms with Crippen molar-refractivity contribution in [3.8, 4) is 0 Å². The second-order valence-corrected chi connectivity index (χ2v) is 6.68. The molecule has 0 bridgehead atoms. The highest BCUT2D eigenvalue weighted by Crippen LogP contribution is 2.18. The first-order valence-electron chi connectivity index (χ1n) is 7.46. The maximum absolute atomic E-state index is 11.5. The number of hydrogen-bond donors (Lipinski definition) is 3. The van der Waals surface area contributed by atoms with Crippen LogP contribution in [0.2, 0.25) is 0 Å². The molecule has 0 spiro atoms. The van der Waals surface area contributed by atoms with Crippen molar-refractivity contribution in [2.24, 2.45) is 4.99 Å². The van der Waals surface area contributed by atoms with E-state index in [2.05, 4.69) is 40.0 Å². The smallest absolute Gasteiger partial charge is 0.220 e. The van der Waals surface area contributed by atoms with Crippen LogP contribution in [0.25, 0.3) is 0 Å². The lowest BCUT2D eigenvalue weighted by molar-refractivity contribution is -0.121. The van der Waals surface area contributed by atoms with Crippen molar-refractivity contribution in [3.63, 3.8) is 0 Å². The van der Waals surface area contributed by atoms with E-state index in [1.165, 1.54) is 9.75 Å². The lowest BCUT2D eigenvalue weighted by Crippen LogP contribution is -2.37. The lowest BCUT2D eigenvalue weighted by atomic mass is 10.3. The summed E-state index contributed by atoms with van der Waals surface area (Å²) in [6.07, 6.45) is 3.67. The van der Waals surface area contributed by atoms with Crippen molar-refractivity contribution in [3.05, 3.63) is 21.9 Å². The Morgan fingerprint density at radius 2 is 2.14 bits per heavy atom. The molecule has 124 valence electrons. The molecule has 5 nitrogen and oxygen atoms in total. The molecule has 22 heavy (non-hydrogen) atoms. The van der Waals surface area contributed by atoms with Gasteiger partial charge in [0.1, 0.15) is 0 Å². The summed E-state index contributed by atoms with van der Waals surface area (Å²) in [6, 6.07) is 4.70. The van der Waals surface area contributed by atoms with E-state index < -0.39 is 0 Å². The summed E-state index contributed by atoms with van der Waals surface area (Å²) in [4.78, 5) is 18.3. The van der Waals surface area contributed by atoms with Crippen LogP contribution in [-0.2, 0) is 11.3 Å². The highest BCUT2D eigenvalue weighted by atomic mass is 127. The normalized spacial score (nSPS) is 14.2. The predicted octanol–water partition coefficient (Wildman–Crippen LogP) is 2.40. The molecule has 0 unspecified atom stereocenters. The Labute approximate surface area is 153 Å². The SMILES string of the molecule is CN=C(NCCCC(=O)NC1CC1)NCc1ccc(C)s1.I. The summed E-state index contributed by atoms with van der Waals surface area (Å²) in [5, 5.41) is 9.51. The number of nitrogens with one attached hydrogen (secondary N) is 3. The number of halogens is 1. The van der Waals surface area contributed by atoms with Gasteiger partial charge < -0.3 is 16.0 Å². The number of carbonyl (C=O) groups excluding carboxylic acids is 1. The van der Waals surface area contributed by atoms with E-state index >= 15 is 0 Å². The zero-order valence-corrected chi connectivity index (χ0v) is 16.3. The second kappa shape index (κ2) is 10.0. The molecule has 0 saturated heterocycles. The predicted molar refractivity (Wildman–Crippen MR) is 103 cm³/mol. The van der Waals surface area contributed by atoms with Crippen molar-refractivity contribution in [1.82, 2.24) is 16.0 Å². The average molecular weight is 436 g/mol. The Bertz CT molecular complexity index is 499. The number of hydrogen-bond acceptors (Lipinski definition) is 3. The topological polar surface area (TPSA) is 65.5 Å². The van der Waals surface area contributed by atoms with Crippen molar-refractivity contribution in [2.75, 3.05) is 13.6 Å². The van der Waals surface area contributed by atoms with Crippen LogP contribution in [0.1, 0.15) is 35.4 Å². The molecule has 1 aliphatic rings. The van der Waals surface area contributed by atoms with E-state index in [4.69, 9.17) is 0 Å². The van der Waals surface area contributed by atoms with E-state index in [1.54, 1.807) is 18.4 Å². The summed E-state index contributed by atoms with van der Waals surface area (Å²) in [6.45, 7) is 3.63. The van der Waals surface area contributed by atoms with Crippen LogP contribution in [0.15, 0.2) is 17.1 Å². The van der Waals surface area contributed by atoms with E-state index in [-0.39, 0.29) is 29.9 Å². The first-order valence-corrected chi connectivity index (χ1v) is 8.28. The monoisotopic (exact) mass is 436 g/mol. The van der Waals surface area contributed by atoms with Crippen molar-refractivity contribution < 1.29 is 4.79 Å². The van der Waals surface area contributed by atoms with Gasteiger partial charge in [0, 0.05) is 35.8 Å². The van der Waals surface area contributed by atoms with Gasteiger partial charge >= 0.3 is 0 Å². The fourth-order valence-corrected chi connectivity index (χ4v) is 2.78. The zero-order valence-electron chi connectivity index (χ0n) is 13.1. The second-order valence-electron chi connectivity index (χ2n) is 5.31. The van der Waals surface area contributed by atoms with Gasteiger partial charge in [0.2, 0.25) is 5.91 Å². The molecule has 0 aromatic carbocycles. The van der Waals surface area contributed by atoms with E-state index in [1.807, 2.05) is 0 Å². The average Bonchev–Trinajstić information content (AvgIpc) is 3.18. The number of thiophene rings is 1. The van der Waals surface area contributed by atoms with Crippen LogP contribution in [-0.4, -0.2) is 31.5 Å². The Morgan fingerprint density at radius 1 is 1.36 bits per heavy atom.